The molecule has 1 saturated heterocycles. The Morgan fingerprint density at radius 1 is 0.895 bits per heavy atom. The largest absolute Gasteiger partial charge is 0.460 e. The van der Waals surface area contributed by atoms with Crippen molar-refractivity contribution < 1.29 is 35.5 Å². The van der Waals surface area contributed by atoms with Crippen molar-refractivity contribution in [3.05, 3.63) is 0 Å². The number of carbonyl (C=O) groups excluding carboxylic acids is 1. The van der Waals surface area contributed by atoms with Crippen molar-refractivity contribution in [1.82, 2.24) is 9.80 Å². The third kappa shape index (κ3) is 2.77. The quantitative estimate of drug-likeness (QED) is 0.723. The molecule has 0 radical (unpaired) electrons. The summed E-state index contributed by atoms with van der Waals surface area (Å²) >= 11 is 0. The lowest BCUT2D eigenvalue weighted by Gasteiger charge is -2.36. The molecule has 0 aromatic heterocycles. The molecule has 112 valence electrons. The molecular formula is C9H11F7N2O. The van der Waals surface area contributed by atoms with Crippen LogP contribution in [0.2, 0.25) is 0 Å². The van der Waals surface area contributed by atoms with Crippen molar-refractivity contribution in [2.75, 3.05) is 33.2 Å². The van der Waals surface area contributed by atoms with Gasteiger partial charge in [-0.05, 0) is 7.05 Å². The van der Waals surface area contributed by atoms with Crippen LogP contribution in [-0.2, 0) is 4.79 Å². The van der Waals surface area contributed by atoms with Gasteiger partial charge >= 0.3 is 18.0 Å². The molecule has 1 fully saturated rings. The molecule has 0 aromatic rings. The number of nitrogens with zero attached hydrogens (tertiary/aromatic N) is 2. The number of rotatable bonds is 2. The van der Waals surface area contributed by atoms with Gasteiger partial charge in [-0.1, -0.05) is 0 Å². The second-order valence-corrected chi connectivity index (χ2v) is 4.24. The van der Waals surface area contributed by atoms with Gasteiger partial charge in [0.2, 0.25) is 0 Å². The molecule has 0 aliphatic carbocycles. The number of likely N-dealkylation sites (N-methyl/N-ethyl adjacent to an activating group) is 1. The Morgan fingerprint density at radius 3 is 1.68 bits per heavy atom. The molecule has 1 aliphatic rings. The maximum absolute atomic E-state index is 13.1. The standard InChI is InChI=1S/C9H11F7N2O/c1-17-2-4-18(5-3-17)6(19)7(10,11)8(12,13)9(14,15)16/h2-5H2,1H3. The zero-order valence-corrected chi connectivity index (χ0v) is 9.78. The van der Waals surface area contributed by atoms with Crippen LogP contribution in [0.5, 0.6) is 0 Å². The fourth-order valence-corrected chi connectivity index (χ4v) is 1.52. The van der Waals surface area contributed by atoms with Gasteiger partial charge in [0.15, 0.2) is 0 Å². The predicted octanol–water partition coefficient (Wildman–Crippen LogP) is 1.59. The number of alkyl halides is 7. The topological polar surface area (TPSA) is 23.6 Å². The Kier molecular flexibility index (Phi) is 4.04. The van der Waals surface area contributed by atoms with Crippen LogP contribution in [-0.4, -0.2) is 67.0 Å². The molecule has 3 nitrogen and oxygen atoms in total. The van der Waals surface area contributed by atoms with Crippen LogP contribution in [0.3, 0.4) is 0 Å². The van der Waals surface area contributed by atoms with Gasteiger partial charge in [0.05, 0.1) is 0 Å². The first-order valence-corrected chi connectivity index (χ1v) is 5.21. The molecule has 0 spiro atoms. The molecule has 0 bridgehead atoms. The number of halogens is 7. The third-order valence-corrected chi connectivity index (χ3v) is 2.81. The minimum Gasteiger partial charge on any atom is -0.335 e. The first-order chi connectivity index (χ1) is 8.41. The molecule has 0 N–H and O–H groups in total. The average Bonchev–Trinajstić information content (AvgIpc) is 2.27. The molecule has 0 atom stereocenters. The Hall–Kier alpha value is -1.06. The fourth-order valence-electron chi connectivity index (χ4n) is 1.52. The summed E-state index contributed by atoms with van der Waals surface area (Å²) in [5, 5.41) is 0. The molecule has 1 rings (SSSR count). The molecular weight excluding hydrogens is 285 g/mol. The Morgan fingerprint density at radius 2 is 1.32 bits per heavy atom. The summed E-state index contributed by atoms with van der Waals surface area (Å²) in [5.74, 6) is -14.7. The Bertz CT molecular complexity index is 347. The van der Waals surface area contributed by atoms with Gasteiger partial charge in [-0.2, -0.15) is 30.7 Å². The first kappa shape index (κ1) is 16.0. The van der Waals surface area contributed by atoms with E-state index in [1.54, 1.807) is 11.9 Å². The lowest BCUT2D eigenvalue weighted by molar-refractivity contribution is -0.346. The normalized spacial score (nSPS) is 19.7. The summed E-state index contributed by atoms with van der Waals surface area (Å²) in [7, 11) is 1.60. The van der Waals surface area contributed by atoms with Crippen LogP contribution in [0.25, 0.3) is 0 Å². The third-order valence-electron chi connectivity index (χ3n) is 2.81. The Balaban J connectivity index is 2.91. The van der Waals surface area contributed by atoms with Gasteiger partial charge in [-0.25, -0.2) is 0 Å². The molecule has 0 aromatic carbocycles. The molecule has 19 heavy (non-hydrogen) atoms. The van der Waals surface area contributed by atoms with Gasteiger partial charge in [0.25, 0.3) is 5.91 Å². The van der Waals surface area contributed by atoms with Crippen molar-refractivity contribution in [3.8, 4) is 0 Å². The maximum Gasteiger partial charge on any atom is 0.460 e. The van der Waals surface area contributed by atoms with E-state index in [9.17, 15) is 35.5 Å². The minimum atomic E-state index is -6.49. The molecule has 0 unspecified atom stereocenters. The van der Waals surface area contributed by atoms with E-state index in [0.29, 0.717) is 4.90 Å². The molecule has 1 heterocycles. The number of hydrogen-bond acceptors (Lipinski definition) is 2. The zero-order chi connectivity index (χ0) is 15.1. The zero-order valence-electron chi connectivity index (χ0n) is 9.78. The highest BCUT2D eigenvalue weighted by molar-refractivity contribution is 5.85. The molecule has 10 heteroatoms. The van der Waals surface area contributed by atoms with Crippen LogP contribution in [0.1, 0.15) is 0 Å². The van der Waals surface area contributed by atoms with Crippen LogP contribution in [0.15, 0.2) is 0 Å². The highest BCUT2D eigenvalue weighted by Crippen LogP contribution is 2.47. The summed E-state index contributed by atoms with van der Waals surface area (Å²) in [5.41, 5.74) is 0. The summed E-state index contributed by atoms with van der Waals surface area (Å²) in [6.07, 6.45) is -6.49. The van der Waals surface area contributed by atoms with Gasteiger partial charge in [-0.15, -0.1) is 0 Å². The minimum absolute atomic E-state index is 0.124. The van der Waals surface area contributed by atoms with E-state index in [1.807, 2.05) is 0 Å². The second kappa shape index (κ2) is 4.80. The summed E-state index contributed by atoms with van der Waals surface area (Å²) in [4.78, 5) is 13.1. The monoisotopic (exact) mass is 296 g/mol. The van der Waals surface area contributed by atoms with E-state index in [0.717, 1.165) is 0 Å². The van der Waals surface area contributed by atoms with Crippen LogP contribution < -0.4 is 0 Å². The number of amides is 1. The van der Waals surface area contributed by atoms with Gasteiger partial charge < -0.3 is 9.80 Å². The molecule has 1 amide bonds. The van der Waals surface area contributed by atoms with Crippen molar-refractivity contribution in [2.45, 2.75) is 18.0 Å². The Labute approximate surface area is 103 Å². The first-order valence-electron chi connectivity index (χ1n) is 5.21. The number of carbonyl (C=O) groups is 1. The maximum atomic E-state index is 13.1. The van der Waals surface area contributed by atoms with Gasteiger partial charge in [0, 0.05) is 26.2 Å². The van der Waals surface area contributed by atoms with Crippen molar-refractivity contribution in [1.29, 1.82) is 0 Å². The predicted molar refractivity (Wildman–Crippen MR) is 50.0 cm³/mol. The summed E-state index contributed by atoms with van der Waals surface area (Å²) in [6.45, 7) is -0.392. The fraction of sp³-hybridized carbons (Fsp3) is 0.889. The van der Waals surface area contributed by atoms with Crippen molar-refractivity contribution in [2.24, 2.45) is 0 Å². The van der Waals surface area contributed by atoms with E-state index in [1.165, 1.54) is 0 Å². The number of piperazine rings is 1. The van der Waals surface area contributed by atoms with Gasteiger partial charge in [0.1, 0.15) is 0 Å². The smallest absolute Gasteiger partial charge is 0.335 e. The summed E-state index contributed by atoms with van der Waals surface area (Å²) in [6, 6.07) is 0. The van der Waals surface area contributed by atoms with Crippen molar-refractivity contribution >= 4 is 5.91 Å². The lowest BCUT2D eigenvalue weighted by atomic mass is 10.1. The lowest BCUT2D eigenvalue weighted by Crippen LogP contribution is -2.62. The number of hydrogen-bond donors (Lipinski definition) is 0. The van der Waals surface area contributed by atoms with E-state index < -0.39 is 23.9 Å². The van der Waals surface area contributed by atoms with E-state index in [2.05, 4.69) is 0 Å². The van der Waals surface area contributed by atoms with E-state index in [-0.39, 0.29) is 26.2 Å². The van der Waals surface area contributed by atoms with E-state index in [4.69, 9.17) is 0 Å². The molecule has 1 aliphatic heterocycles. The SMILES string of the molecule is CN1CCN(C(=O)C(F)(F)C(F)(F)C(F)(F)F)CC1. The van der Waals surface area contributed by atoms with Crippen LogP contribution in [0.4, 0.5) is 30.7 Å². The van der Waals surface area contributed by atoms with Crippen LogP contribution in [0, 0.1) is 0 Å². The average molecular weight is 296 g/mol. The molecule has 0 saturated carbocycles. The highest BCUT2D eigenvalue weighted by atomic mass is 19.4. The van der Waals surface area contributed by atoms with Crippen LogP contribution >= 0.6 is 0 Å². The highest BCUT2D eigenvalue weighted by Gasteiger charge is 2.76. The summed E-state index contributed by atoms with van der Waals surface area (Å²) < 4.78 is 87.2. The second-order valence-electron chi connectivity index (χ2n) is 4.24. The van der Waals surface area contributed by atoms with E-state index >= 15 is 0 Å². The van der Waals surface area contributed by atoms with Crippen molar-refractivity contribution in [3.63, 3.8) is 0 Å². The van der Waals surface area contributed by atoms with Gasteiger partial charge in [-0.3, -0.25) is 4.79 Å².